The van der Waals surface area contributed by atoms with Gasteiger partial charge in [-0.15, -0.1) is 0 Å². The lowest BCUT2D eigenvalue weighted by Crippen LogP contribution is -2.25. The molecule has 2 heterocycles. The third-order valence-electron chi connectivity index (χ3n) is 2.57. The fraction of sp³-hybridized carbons (Fsp3) is 0.300. The summed E-state index contributed by atoms with van der Waals surface area (Å²) >= 11 is 8.96. The number of rotatable bonds is 2. The van der Waals surface area contributed by atoms with Crippen LogP contribution in [0.15, 0.2) is 16.7 Å². The second kappa shape index (κ2) is 4.62. The smallest absolute Gasteiger partial charge is 0.308 e. The Labute approximate surface area is 111 Å². The molecule has 5 nitrogen and oxygen atoms in total. The van der Waals surface area contributed by atoms with Crippen molar-refractivity contribution in [2.75, 3.05) is 11.4 Å². The van der Waals surface area contributed by atoms with Crippen LogP contribution < -0.4 is 4.90 Å². The van der Waals surface area contributed by atoms with Gasteiger partial charge in [-0.05, 0) is 22.0 Å². The van der Waals surface area contributed by atoms with Crippen molar-refractivity contribution in [2.45, 2.75) is 6.42 Å². The van der Waals surface area contributed by atoms with Gasteiger partial charge in [0.05, 0.1) is 22.3 Å². The molecule has 0 spiro atoms. The number of carboxylic acid groups (broad SMARTS) is 1. The second-order valence-corrected chi connectivity index (χ2v) is 4.92. The van der Waals surface area contributed by atoms with E-state index in [1.165, 1.54) is 11.1 Å². The van der Waals surface area contributed by atoms with Gasteiger partial charge in [0.25, 0.3) is 0 Å². The predicted molar refractivity (Wildman–Crippen MR) is 65.0 cm³/mol. The van der Waals surface area contributed by atoms with E-state index in [0.717, 1.165) is 0 Å². The zero-order chi connectivity index (χ0) is 12.6. The van der Waals surface area contributed by atoms with Gasteiger partial charge in [-0.1, -0.05) is 11.6 Å². The highest BCUT2D eigenvalue weighted by molar-refractivity contribution is 9.10. The van der Waals surface area contributed by atoms with Crippen molar-refractivity contribution in [1.82, 2.24) is 4.98 Å². The van der Waals surface area contributed by atoms with Crippen LogP contribution >= 0.6 is 27.5 Å². The van der Waals surface area contributed by atoms with E-state index in [0.29, 0.717) is 15.3 Å². The summed E-state index contributed by atoms with van der Waals surface area (Å²) in [6.07, 6.45) is 1.48. The Bertz CT molecular complexity index is 494. The summed E-state index contributed by atoms with van der Waals surface area (Å²) in [4.78, 5) is 27.8. The molecule has 17 heavy (non-hydrogen) atoms. The summed E-state index contributed by atoms with van der Waals surface area (Å²) in [5.41, 5.74) is 0.551. The van der Waals surface area contributed by atoms with Crippen molar-refractivity contribution in [3.05, 3.63) is 21.9 Å². The summed E-state index contributed by atoms with van der Waals surface area (Å²) in [6, 6.07) is 1.65. The monoisotopic (exact) mass is 318 g/mol. The van der Waals surface area contributed by atoms with Gasteiger partial charge < -0.3 is 10.0 Å². The molecular weight excluding hydrogens is 311 g/mol. The standard InChI is InChI=1S/C10H8BrClN2O3/c11-7-2-6(3-13-9(7)12)14-4-5(10(16)17)1-8(14)15/h2-3,5H,1,4H2,(H,16,17). The molecule has 1 aliphatic rings. The van der Waals surface area contributed by atoms with Crippen LogP contribution in [0, 0.1) is 5.92 Å². The van der Waals surface area contributed by atoms with Crippen molar-refractivity contribution < 1.29 is 14.7 Å². The largest absolute Gasteiger partial charge is 0.481 e. The lowest BCUT2D eigenvalue weighted by atomic mass is 10.1. The van der Waals surface area contributed by atoms with E-state index in [-0.39, 0.29) is 18.9 Å². The van der Waals surface area contributed by atoms with Crippen LogP contribution in [-0.2, 0) is 9.59 Å². The molecule has 7 heteroatoms. The SMILES string of the molecule is O=C(O)C1CC(=O)N(c2cnc(Cl)c(Br)c2)C1. The van der Waals surface area contributed by atoms with Gasteiger partial charge in [-0.2, -0.15) is 0 Å². The third kappa shape index (κ3) is 2.42. The first-order chi connectivity index (χ1) is 7.99. The minimum Gasteiger partial charge on any atom is -0.481 e. The molecule has 1 atom stereocenters. The van der Waals surface area contributed by atoms with E-state index in [1.807, 2.05) is 0 Å². The van der Waals surface area contributed by atoms with Crippen LogP contribution in [0.4, 0.5) is 5.69 Å². The maximum absolute atomic E-state index is 11.7. The number of anilines is 1. The average Bonchev–Trinajstić information content (AvgIpc) is 2.65. The Morgan fingerprint density at radius 1 is 1.65 bits per heavy atom. The molecule has 1 amide bonds. The number of nitrogens with zero attached hydrogens (tertiary/aromatic N) is 2. The van der Waals surface area contributed by atoms with Gasteiger partial charge in [0, 0.05) is 13.0 Å². The summed E-state index contributed by atoms with van der Waals surface area (Å²) in [6.45, 7) is 0.171. The molecular formula is C10H8BrClN2O3. The lowest BCUT2D eigenvalue weighted by Gasteiger charge is -2.16. The normalized spacial score (nSPS) is 19.8. The summed E-state index contributed by atoms with van der Waals surface area (Å²) < 4.78 is 0.572. The fourth-order valence-corrected chi connectivity index (χ4v) is 2.12. The maximum Gasteiger partial charge on any atom is 0.308 e. The first-order valence-electron chi connectivity index (χ1n) is 4.83. The van der Waals surface area contributed by atoms with Crippen LogP contribution in [0.3, 0.4) is 0 Å². The molecule has 1 saturated heterocycles. The van der Waals surface area contributed by atoms with Crippen molar-refractivity contribution >= 4 is 45.1 Å². The van der Waals surface area contributed by atoms with Gasteiger partial charge in [0.15, 0.2) is 0 Å². The van der Waals surface area contributed by atoms with Crippen molar-refractivity contribution in [3.63, 3.8) is 0 Å². The van der Waals surface area contributed by atoms with Crippen LogP contribution in [0.2, 0.25) is 5.15 Å². The Morgan fingerprint density at radius 3 is 2.88 bits per heavy atom. The maximum atomic E-state index is 11.7. The number of halogens is 2. The summed E-state index contributed by atoms with van der Waals surface area (Å²) in [5, 5.41) is 9.17. The highest BCUT2D eigenvalue weighted by Gasteiger charge is 2.35. The number of hydrogen-bond donors (Lipinski definition) is 1. The molecule has 1 aliphatic heterocycles. The highest BCUT2D eigenvalue weighted by atomic mass is 79.9. The van der Waals surface area contributed by atoms with Crippen LogP contribution in [-0.4, -0.2) is 28.5 Å². The van der Waals surface area contributed by atoms with E-state index in [2.05, 4.69) is 20.9 Å². The number of amides is 1. The van der Waals surface area contributed by atoms with E-state index in [9.17, 15) is 9.59 Å². The quantitative estimate of drug-likeness (QED) is 0.846. The van der Waals surface area contributed by atoms with Gasteiger partial charge in [-0.3, -0.25) is 9.59 Å². The molecule has 1 unspecified atom stereocenters. The highest BCUT2D eigenvalue weighted by Crippen LogP contribution is 2.29. The van der Waals surface area contributed by atoms with Crippen LogP contribution in [0.1, 0.15) is 6.42 Å². The zero-order valence-electron chi connectivity index (χ0n) is 8.56. The average molecular weight is 320 g/mol. The predicted octanol–water partition coefficient (Wildman–Crippen LogP) is 1.94. The van der Waals surface area contributed by atoms with E-state index in [4.69, 9.17) is 16.7 Å². The number of hydrogen-bond acceptors (Lipinski definition) is 3. The van der Waals surface area contributed by atoms with E-state index >= 15 is 0 Å². The Balaban J connectivity index is 2.26. The first kappa shape index (κ1) is 12.3. The number of pyridine rings is 1. The minimum absolute atomic E-state index is 0.0234. The van der Waals surface area contributed by atoms with Crippen molar-refractivity contribution in [1.29, 1.82) is 0 Å². The number of carbonyl (C=O) groups is 2. The van der Waals surface area contributed by atoms with E-state index in [1.54, 1.807) is 6.07 Å². The van der Waals surface area contributed by atoms with Crippen molar-refractivity contribution in [3.8, 4) is 0 Å². The Morgan fingerprint density at radius 2 is 2.35 bits per heavy atom. The van der Waals surface area contributed by atoms with Gasteiger partial charge >= 0.3 is 5.97 Å². The number of aliphatic carboxylic acids is 1. The molecule has 90 valence electrons. The molecule has 1 fully saturated rings. The molecule has 1 N–H and O–H groups in total. The molecule has 0 radical (unpaired) electrons. The third-order valence-corrected chi connectivity index (χ3v) is 3.70. The van der Waals surface area contributed by atoms with E-state index < -0.39 is 11.9 Å². The van der Waals surface area contributed by atoms with Gasteiger partial charge in [0.2, 0.25) is 5.91 Å². The molecule has 0 saturated carbocycles. The summed E-state index contributed by atoms with van der Waals surface area (Å²) in [7, 11) is 0. The van der Waals surface area contributed by atoms with Gasteiger partial charge in [0.1, 0.15) is 5.15 Å². The van der Waals surface area contributed by atoms with Crippen LogP contribution in [0.5, 0.6) is 0 Å². The lowest BCUT2D eigenvalue weighted by molar-refractivity contribution is -0.141. The molecule has 0 aromatic carbocycles. The zero-order valence-corrected chi connectivity index (χ0v) is 10.9. The Kier molecular flexibility index (Phi) is 3.35. The molecule has 0 bridgehead atoms. The fourth-order valence-electron chi connectivity index (χ4n) is 1.68. The molecule has 2 rings (SSSR count). The minimum atomic E-state index is -0.957. The van der Waals surface area contributed by atoms with Crippen LogP contribution in [0.25, 0.3) is 0 Å². The topological polar surface area (TPSA) is 70.5 Å². The number of carboxylic acids is 1. The summed E-state index contributed by atoms with van der Waals surface area (Å²) in [5.74, 6) is -1.83. The number of carbonyl (C=O) groups excluding carboxylic acids is 1. The van der Waals surface area contributed by atoms with Gasteiger partial charge in [-0.25, -0.2) is 4.98 Å². The van der Waals surface area contributed by atoms with Crippen molar-refractivity contribution in [2.24, 2.45) is 5.92 Å². The second-order valence-electron chi connectivity index (χ2n) is 3.71. The molecule has 1 aromatic rings. The first-order valence-corrected chi connectivity index (χ1v) is 6.00. The Hall–Kier alpha value is -1.14. The molecule has 0 aliphatic carbocycles. The number of aromatic nitrogens is 1. The molecule has 1 aromatic heterocycles.